The lowest BCUT2D eigenvalue weighted by Gasteiger charge is -2.19. The highest BCUT2D eigenvalue weighted by molar-refractivity contribution is 7.89. The summed E-state index contributed by atoms with van der Waals surface area (Å²) in [5.41, 5.74) is 1.86. The summed E-state index contributed by atoms with van der Waals surface area (Å²) in [7, 11) is -3.50. The van der Waals surface area contributed by atoms with Crippen LogP contribution < -0.4 is 4.72 Å². The van der Waals surface area contributed by atoms with Crippen LogP contribution in [0.4, 0.5) is 0 Å². The van der Waals surface area contributed by atoms with Gasteiger partial charge in [-0.05, 0) is 30.0 Å². The van der Waals surface area contributed by atoms with Crippen LogP contribution in [-0.4, -0.2) is 13.4 Å². The molecule has 0 bridgehead atoms. The van der Waals surface area contributed by atoms with Crippen molar-refractivity contribution in [2.75, 3.05) is 0 Å². The molecule has 0 spiro atoms. The van der Waals surface area contributed by atoms with Gasteiger partial charge in [0.15, 0.2) is 0 Å². The Morgan fingerprint density at radius 1 is 1.19 bits per heavy atom. The summed E-state index contributed by atoms with van der Waals surface area (Å²) in [6, 6.07) is 7.02. The van der Waals surface area contributed by atoms with Crippen molar-refractivity contribution in [1.82, 2.24) is 9.71 Å². The van der Waals surface area contributed by atoms with Gasteiger partial charge in [-0.2, -0.15) is 0 Å². The molecule has 0 aliphatic rings. The molecule has 1 N–H and O–H groups in total. The fourth-order valence-electron chi connectivity index (χ4n) is 1.88. The van der Waals surface area contributed by atoms with E-state index in [0.29, 0.717) is 0 Å². The second-order valence-electron chi connectivity index (χ2n) is 5.96. The van der Waals surface area contributed by atoms with Crippen LogP contribution >= 0.6 is 11.3 Å². The summed E-state index contributed by atoms with van der Waals surface area (Å²) in [6.07, 6.45) is 0. The monoisotopic (exact) mass is 324 g/mol. The van der Waals surface area contributed by atoms with Crippen LogP contribution in [0.2, 0.25) is 0 Å². The average Bonchev–Trinajstić information content (AvgIpc) is 2.82. The largest absolute Gasteiger partial charge is 0.245 e. The average molecular weight is 324 g/mol. The molecule has 0 radical (unpaired) electrons. The standard InChI is InChI=1S/C15H20N2O2S2/c1-11-17-13(10-20-11)9-16-21(18,19)14-7-5-12(6-8-14)15(2,3)4/h5-8,10,16H,9H2,1-4H3. The maximum Gasteiger partial charge on any atom is 0.240 e. The second-order valence-corrected chi connectivity index (χ2v) is 8.79. The number of aromatic nitrogens is 1. The predicted molar refractivity (Wildman–Crippen MR) is 86.0 cm³/mol. The highest BCUT2D eigenvalue weighted by Gasteiger charge is 2.17. The van der Waals surface area contributed by atoms with E-state index in [1.165, 1.54) is 11.3 Å². The maximum absolute atomic E-state index is 12.2. The minimum Gasteiger partial charge on any atom is -0.245 e. The zero-order valence-electron chi connectivity index (χ0n) is 12.7. The topological polar surface area (TPSA) is 59.1 Å². The Hall–Kier alpha value is -1.24. The number of thiazole rings is 1. The number of nitrogens with zero attached hydrogens (tertiary/aromatic N) is 1. The van der Waals surface area contributed by atoms with E-state index in [2.05, 4.69) is 30.5 Å². The smallest absolute Gasteiger partial charge is 0.240 e. The maximum atomic E-state index is 12.2. The summed E-state index contributed by atoms with van der Waals surface area (Å²) in [5.74, 6) is 0. The molecule has 2 aromatic rings. The number of aryl methyl sites for hydroxylation is 1. The van der Waals surface area contributed by atoms with Gasteiger partial charge in [-0.25, -0.2) is 18.1 Å². The SMILES string of the molecule is Cc1nc(CNS(=O)(=O)c2ccc(C(C)(C)C)cc2)cs1. The summed E-state index contributed by atoms with van der Waals surface area (Å²) in [5, 5.41) is 2.79. The van der Waals surface area contributed by atoms with Gasteiger partial charge in [0, 0.05) is 5.38 Å². The number of hydrogen-bond acceptors (Lipinski definition) is 4. The Bertz CT molecular complexity index is 711. The van der Waals surface area contributed by atoms with Crippen LogP contribution in [0.15, 0.2) is 34.5 Å². The second kappa shape index (κ2) is 5.87. The molecule has 114 valence electrons. The molecular formula is C15H20N2O2S2. The predicted octanol–water partition coefficient (Wildman–Crippen LogP) is 3.23. The molecule has 1 heterocycles. The highest BCUT2D eigenvalue weighted by atomic mass is 32.2. The van der Waals surface area contributed by atoms with Crippen molar-refractivity contribution >= 4 is 21.4 Å². The molecule has 0 fully saturated rings. The zero-order valence-corrected chi connectivity index (χ0v) is 14.3. The first-order valence-electron chi connectivity index (χ1n) is 6.70. The normalized spacial score (nSPS) is 12.6. The molecule has 0 saturated carbocycles. The summed E-state index contributed by atoms with van der Waals surface area (Å²) in [6.45, 7) is 8.40. The van der Waals surface area contributed by atoms with Gasteiger partial charge in [0.2, 0.25) is 10.0 Å². The Labute approximate surface area is 130 Å². The van der Waals surface area contributed by atoms with Gasteiger partial charge in [-0.1, -0.05) is 32.9 Å². The summed E-state index contributed by atoms with van der Waals surface area (Å²) >= 11 is 1.51. The molecule has 0 aliphatic heterocycles. The molecule has 0 amide bonds. The molecule has 0 aliphatic carbocycles. The van der Waals surface area contributed by atoms with Crippen molar-refractivity contribution in [3.8, 4) is 0 Å². The van der Waals surface area contributed by atoms with Gasteiger partial charge in [-0.15, -0.1) is 11.3 Å². The number of sulfonamides is 1. The Morgan fingerprint density at radius 2 is 1.81 bits per heavy atom. The molecule has 2 rings (SSSR count). The van der Waals surface area contributed by atoms with Crippen LogP contribution in [0.5, 0.6) is 0 Å². The van der Waals surface area contributed by atoms with Gasteiger partial charge in [0.05, 0.1) is 22.1 Å². The lowest BCUT2D eigenvalue weighted by atomic mass is 9.87. The van der Waals surface area contributed by atoms with Gasteiger partial charge in [0.25, 0.3) is 0 Å². The van der Waals surface area contributed by atoms with E-state index in [1.54, 1.807) is 12.1 Å². The Kier molecular flexibility index (Phi) is 4.51. The van der Waals surface area contributed by atoms with Gasteiger partial charge >= 0.3 is 0 Å². The van der Waals surface area contributed by atoms with Crippen molar-refractivity contribution < 1.29 is 8.42 Å². The Balaban J connectivity index is 2.12. The van der Waals surface area contributed by atoms with Crippen LogP contribution in [0.25, 0.3) is 0 Å². The van der Waals surface area contributed by atoms with Crippen LogP contribution in [0.1, 0.15) is 37.0 Å². The molecule has 4 nitrogen and oxygen atoms in total. The van der Waals surface area contributed by atoms with E-state index < -0.39 is 10.0 Å². The molecule has 6 heteroatoms. The van der Waals surface area contributed by atoms with E-state index >= 15 is 0 Å². The number of nitrogens with one attached hydrogen (secondary N) is 1. The molecule has 0 saturated heterocycles. The quantitative estimate of drug-likeness (QED) is 0.939. The highest BCUT2D eigenvalue weighted by Crippen LogP contribution is 2.23. The van der Waals surface area contributed by atoms with E-state index in [9.17, 15) is 8.42 Å². The van der Waals surface area contributed by atoms with Crippen LogP contribution in [-0.2, 0) is 22.0 Å². The van der Waals surface area contributed by atoms with Crippen molar-refractivity contribution in [2.24, 2.45) is 0 Å². The first-order chi connectivity index (χ1) is 9.68. The number of rotatable bonds is 4. The summed E-state index contributed by atoms with van der Waals surface area (Å²) < 4.78 is 27.1. The Morgan fingerprint density at radius 3 is 2.29 bits per heavy atom. The molecule has 1 aromatic heterocycles. The minimum atomic E-state index is -3.50. The third-order valence-corrected chi connectivity index (χ3v) is 5.38. The lowest BCUT2D eigenvalue weighted by Crippen LogP contribution is -2.23. The van der Waals surface area contributed by atoms with E-state index in [-0.39, 0.29) is 16.9 Å². The van der Waals surface area contributed by atoms with Crippen molar-refractivity contribution in [1.29, 1.82) is 0 Å². The fraction of sp³-hybridized carbons (Fsp3) is 0.400. The van der Waals surface area contributed by atoms with Gasteiger partial charge in [-0.3, -0.25) is 0 Å². The number of benzene rings is 1. The molecule has 21 heavy (non-hydrogen) atoms. The van der Waals surface area contributed by atoms with E-state index in [0.717, 1.165) is 16.3 Å². The van der Waals surface area contributed by atoms with Gasteiger partial charge < -0.3 is 0 Å². The first-order valence-corrected chi connectivity index (χ1v) is 9.06. The van der Waals surface area contributed by atoms with E-state index in [1.807, 2.05) is 24.4 Å². The lowest BCUT2D eigenvalue weighted by molar-refractivity contribution is 0.577. The zero-order chi connectivity index (χ0) is 15.7. The third-order valence-electron chi connectivity index (χ3n) is 3.14. The molecule has 0 unspecified atom stereocenters. The molecular weight excluding hydrogens is 304 g/mol. The summed E-state index contributed by atoms with van der Waals surface area (Å²) in [4.78, 5) is 4.53. The minimum absolute atomic E-state index is 0.00778. The van der Waals surface area contributed by atoms with Crippen molar-refractivity contribution in [2.45, 2.75) is 44.6 Å². The van der Waals surface area contributed by atoms with E-state index in [4.69, 9.17) is 0 Å². The van der Waals surface area contributed by atoms with Crippen LogP contribution in [0.3, 0.4) is 0 Å². The molecule has 1 aromatic carbocycles. The fourth-order valence-corrected chi connectivity index (χ4v) is 3.49. The van der Waals surface area contributed by atoms with Crippen LogP contribution in [0, 0.1) is 6.92 Å². The van der Waals surface area contributed by atoms with Crippen molar-refractivity contribution in [3.05, 3.63) is 45.9 Å². The number of hydrogen-bond donors (Lipinski definition) is 1. The molecule has 0 atom stereocenters. The first kappa shape index (κ1) is 16.1. The third kappa shape index (κ3) is 4.12. The van der Waals surface area contributed by atoms with Crippen molar-refractivity contribution in [3.63, 3.8) is 0 Å². The van der Waals surface area contributed by atoms with Gasteiger partial charge in [0.1, 0.15) is 0 Å².